The van der Waals surface area contributed by atoms with Gasteiger partial charge in [0.15, 0.2) is 0 Å². The van der Waals surface area contributed by atoms with Crippen molar-refractivity contribution >= 4 is 33.2 Å². The Balaban J connectivity index is 1.53. The zero-order valence-corrected chi connectivity index (χ0v) is 19.4. The van der Waals surface area contributed by atoms with Gasteiger partial charge in [-0.3, -0.25) is 9.48 Å². The van der Waals surface area contributed by atoms with Gasteiger partial charge in [0.05, 0.1) is 16.3 Å². The van der Waals surface area contributed by atoms with Gasteiger partial charge in [-0.15, -0.1) is 0 Å². The summed E-state index contributed by atoms with van der Waals surface area (Å²) >= 11 is 6.29. The first kappa shape index (κ1) is 22.1. The Labute approximate surface area is 188 Å². The topological polar surface area (TPSA) is 78.8 Å². The standard InChI is InChI=1S/C21H28ClN5O3S/c1-16-6-5-9-26(14-16)21(28)17-15-24(2)23-20(17)31(29,30)27-12-10-25(11-13-27)19-8-4-3-7-18(19)22/h3-4,7-8,15-16H,5-6,9-14H2,1-2H3. The molecule has 1 atom stereocenters. The van der Waals surface area contributed by atoms with Crippen LogP contribution in [0.4, 0.5) is 5.69 Å². The summed E-state index contributed by atoms with van der Waals surface area (Å²) in [7, 11) is -2.25. The number of para-hydroxylation sites is 1. The van der Waals surface area contributed by atoms with Gasteiger partial charge < -0.3 is 9.80 Å². The summed E-state index contributed by atoms with van der Waals surface area (Å²) in [4.78, 5) is 17.0. The van der Waals surface area contributed by atoms with Crippen LogP contribution in [0.15, 0.2) is 35.5 Å². The average Bonchev–Trinajstić information content (AvgIpc) is 3.16. The fourth-order valence-corrected chi connectivity index (χ4v) is 6.14. The molecule has 0 saturated carbocycles. The number of hydrogen-bond acceptors (Lipinski definition) is 5. The van der Waals surface area contributed by atoms with Crippen molar-refractivity contribution in [3.05, 3.63) is 41.0 Å². The van der Waals surface area contributed by atoms with Crippen LogP contribution < -0.4 is 4.90 Å². The van der Waals surface area contributed by atoms with Crippen molar-refractivity contribution < 1.29 is 13.2 Å². The van der Waals surface area contributed by atoms with E-state index in [2.05, 4.69) is 16.9 Å². The molecule has 31 heavy (non-hydrogen) atoms. The molecule has 2 fully saturated rings. The minimum atomic E-state index is -3.89. The highest BCUT2D eigenvalue weighted by atomic mass is 35.5. The van der Waals surface area contributed by atoms with Gasteiger partial charge in [-0.2, -0.15) is 9.40 Å². The smallest absolute Gasteiger partial charge is 0.263 e. The first-order valence-corrected chi connectivity index (χ1v) is 12.4. The second kappa shape index (κ2) is 8.80. The Bertz CT molecular complexity index is 1060. The highest BCUT2D eigenvalue weighted by Gasteiger charge is 2.36. The van der Waals surface area contributed by atoms with Gasteiger partial charge in [-0.1, -0.05) is 30.7 Å². The van der Waals surface area contributed by atoms with E-state index in [1.54, 1.807) is 11.9 Å². The molecular formula is C21H28ClN5O3S. The van der Waals surface area contributed by atoms with Gasteiger partial charge in [-0.05, 0) is 30.9 Å². The van der Waals surface area contributed by atoms with Gasteiger partial charge in [-0.25, -0.2) is 8.42 Å². The number of anilines is 1. The van der Waals surface area contributed by atoms with E-state index in [1.807, 2.05) is 24.3 Å². The highest BCUT2D eigenvalue weighted by molar-refractivity contribution is 7.89. The predicted octanol–water partition coefficient (Wildman–Crippen LogP) is 2.46. The summed E-state index contributed by atoms with van der Waals surface area (Å²) in [5, 5.41) is 4.69. The van der Waals surface area contributed by atoms with Crippen LogP contribution in [0.25, 0.3) is 0 Å². The number of sulfonamides is 1. The van der Waals surface area contributed by atoms with Crippen molar-refractivity contribution in [3.63, 3.8) is 0 Å². The summed E-state index contributed by atoms with van der Waals surface area (Å²) in [6.07, 6.45) is 3.53. The summed E-state index contributed by atoms with van der Waals surface area (Å²) in [5.41, 5.74) is 1.05. The van der Waals surface area contributed by atoms with Gasteiger partial charge in [0.25, 0.3) is 15.9 Å². The van der Waals surface area contributed by atoms with Gasteiger partial charge >= 0.3 is 0 Å². The lowest BCUT2D eigenvalue weighted by Crippen LogP contribution is -2.49. The number of benzene rings is 1. The van der Waals surface area contributed by atoms with E-state index in [4.69, 9.17) is 11.6 Å². The molecule has 3 heterocycles. The average molecular weight is 466 g/mol. The number of carbonyl (C=O) groups excluding carboxylic acids is 1. The molecule has 168 valence electrons. The number of nitrogens with zero attached hydrogens (tertiary/aromatic N) is 5. The number of piperidine rings is 1. The largest absolute Gasteiger partial charge is 0.368 e. The lowest BCUT2D eigenvalue weighted by atomic mass is 10.00. The van der Waals surface area contributed by atoms with Crippen LogP contribution in [0.5, 0.6) is 0 Å². The van der Waals surface area contributed by atoms with E-state index < -0.39 is 10.0 Å². The maximum Gasteiger partial charge on any atom is 0.263 e. The van der Waals surface area contributed by atoms with E-state index in [0.717, 1.165) is 18.5 Å². The van der Waals surface area contributed by atoms with Crippen molar-refractivity contribution in [1.82, 2.24) is 19.0 Å². The van der Waals surface area contributed by atoms with E-state index in [1.165, 1.54) is 15.2 Å². The number of aromatic nitrogens is 2. The molecule has 1 unspecified atom stereocenters. The third-order valence-electron chi connectivity index (χ3n) is 5.99. The summed E-state index contributed by atoms with van der Waals surface area (Å²) in [5.74, 6) is 0.153. The first-order chi connectivity index (χ1) is 14.8. The molecule has 10 heteroatoms. The Morgan fingerprint density at radius 3 is 2.52 bits per heavy atom. The van der Waals surface area contributed by atoms with Crippen LogP contribution in [0, 0.1) is 5.92 Å². The molecule has 8 nitrogen and oxygen atoms in total. The number of likely N-dealkylation sites (tertiary alicyclic amines) is 1. The lowest BCUT2D eigenvalue weighted by molar-refractivity contribution is 0.0679. The number of amides is 1. The van der Waals surface area contributed by atoms with Crippen LogP contribution in [0.3, 0.4) is 0 Å². The summed E-state index contributed by atoms with van der Waals surface area (Å²) in [6, 6.07) is 7.54. The lowest BCUT2D eigenvalue weighted by Gasteiger charge is -2.35. The quantitative estimate of drug-likeness (QED) is 0.693. The number of halogens is 1. The third-order valence-corrected chi connectivity index (χ3v) is 8.14. The van der Waals surface area contributed by atoms with E-state index in [9.17, 15) is 13.2 Å². The highest BCUT2D eigenvalue weighted by Crippen LogP contribution is 2.28. The molecule has 0 aliphatic carbocycles. The fraction of sp³-hybridized carbons (Fsp3) is 0.524. The van der Waals surface area contributed by atoms with Crippen LogP contribution in [0.1, 0.15) is 30.1 Å². The molecule has 1 amide bonds. The minimum Gasteiger partial charge on any atom is -0.368 e. The second-order valence-corrected chi connectivity index (χ2v) is 10.6. The normalized spacial score (nSPS) is 20.8. The molecule has 0 bridgehead atoms. The molecular weight excluding hydrogens is 438 g/mol. The summed E-state index contributed by atoms with van der Waals surface area (Å²) in [6.45, 7) is 5.04. The molecule has 1 aromatic heterocycles. The number of aryl methyl sites for hydroxylation is 1. The second-order valence-electron chi connectivity index (χ2n) is 8.36. The Hall–Kier alpha value is -2.10. The van der Waals surface area contributed by atoms with E-state index in [-0.39, 0.29) is 16.5 Å². The molecule has 0 spiro atoms. The van der Waals surface area contributed by atoms with Gasteiger partial charge in [0, 0.05) is 52.5 Å². The maximum atomic E-state index is 13.4. The molecule has 2 saturated heterocycles. The Morgan fingerprint density at radius 2 is 1.84 bits per heavy atom. The molecule has 2 aromatic rings. The minimum absolute atomic E-state index is 0.149. The van der Waals surface area contributed by atoms with E-state index >= 15 is 0 Å². The maximum absolute atomic E-state index is 13.4. The summed E-state index contributed by atoms with van der Waals surface area (Å²) < 4.78 is 29.7. The SMILES string of the molecule is CC1CCCN(C(=O)c2cn(C)nc2S(=O)(=O)N2CCN(c3ccccc3Cl)CC2)C1. The molecule has 2 aliphatic heterocycles. The molecule has 1 aromatic carbocycles. The van der Waals surface area contributed by atoms with Crippen molar-refractivity contribution in [2.75, 3.05) is 44.2 Å². The molecule has 2 aliphatic rings. The molecule has 0 radical (unpaired) electrons. The monoisotopic (exact) mass is 465 g/mol. The number of hydrogen-bond donors (Lipinski definition) is 0. The number of piperazine rings is 1. The van der Waals surface area contributed by atoms with Crippen molar-refractivity contribution in [2.45, 2.75) is 24.8 Å². The predicted molar refractivity (Wildman–Crippen MR) is 120 cm³/mol. The number of carbonyl (C=O) groups is 1. The Kier molecular flexibility index (Phi) is 6.27. The van der Waals surface area contributed by atoms with Crippen LogP contribution >= 0.6 is 11.6 Å². The van der Waals surface area contributed by atoms with Crippen molar-refractivity contribution in [1.29, 1.82) is 0 Å². The first-order valence-electron chi connectivity index (χ1n) is 10.6. The third kappa shape index (κ3) is 4.44. The zero-order valence-electron chi connectivity index (χ0n) is 17.9. The zero-order chi connectivity index (χ0) is 22.2. The van der Waals surface area contributed by atoms with Gasteiger partial charge in [0.2, 0.25) is 5.03 Å². The van der Waals surface area contributed by atoms with Crippen LogP contribution in [-0.4, -0.2) is 72.6 Å². The van der Waals surface area contributed by atoms with Crippen molar-refractivity contribution in [3.8, 4) is 0 Å². The fourth-order valence-electron chi connectivity index (χ4n) is 4.35. The van der Waals surface area contributed by atoms with Crippen molar-refractivity contribution in [2.24, 2.45) is 13.0 Å². The number of rotatable bonds is 4. The van der Waals surface area contributed by atoms with Crippen LogP contribution in [-0.2, 0) is 17.1 Å². The Morgan fingerprint density at radius 1 is 1.13 bits per heavy atom. The molecule has 4 rings (SSSR count). The van der Waals surface area contributed by atoms with Crippen LogP contribution in [0.2, 0.25) is 5.02 Å². The van der Waals surface area contributed by atoms with Gasteiger partial charge in [0.1, 0.15) is 0 Å². The molecule has 0 N–H and O–H groups in total. The van der Waals surface area contributed by atoms with E-state index in [0.29, 0.717) is 50.2 Å².